The van der Waals surface area contributed by atoms with E-state index in [9.17, 15) is 5.11 Å². The molecule has 1 aromatic heterocycles. The summed E-state index contributed by atoms with van der Waals surface area (Å²) in [6, 6.07) is 6.91. The molecular weight excluding hydrogens is 250 g/mol. The van der Waals surface area contributed by atoms with Crippen LogP contribution in [0, 0.1) is 0 Å². The Morgan fingerprint density at radius 2 is 2.15 bits per heavy atom. The number of fused-ring (bicyclic) bond motifs is 1. The van der Waals surface area contributed by atoms with Crippen LogP contribution in [0.25, 0.3) is 11.0 Å². The zero-order valence-corrected chi connectivity index (χ0v) is 12.7. The van der Waals surface area contributed by atoms with Gasteiger partial charge in [-0.25, -0.2) is 4.98 Å². The van der Waals surface area contributed by atoms with Crippen LogP contribution in [0.3, 0.4) is 0 Å². The maximum absolute atomic E-state index is 9.27. The van der Waals surface area contributed by atoms with Crippen molar-refractivity contribution in [3.05, 3.63) is 29.6 Å². The minimum atomic E-state index is 0.144. The number of rotatable bonds is 7. The van der Waals surface area contributed by atoms with Gasteiger partial charge in [0.1, 0.15) is 5.82 Å². The summed E-state index contributed by atoms with van der Waals surface area (Å²) in [6.07, 6.45) is 1.90. The van der Waals surface area contributed by atoms with Crippen molar-refractivity contribution in [3.63, 3.8) is 0 Å². The molecule has 4 nitrogen and oxygen atoms in total. The van der Waals surface area contributed by atoms with Crippen LogP contribution in [0.5, 0.6) is 0 Å². The predicted molar refractivity (Wildman–Crippen MR) is 83.0 cm³/mol. The number of aromatic nitrogens is 2. The van der Waals surface area contributed by atoms with E-state index in [0.29, 0.717) is 12.6 Å². The number of benzene rings is 1. The van der Waals surface area contributed by atoms with Crippen LogP contribution in [0.15, 0.2) is 18.2 Å². The summed E-state index contributed by atoms with van der Waals surface area (Å²) in [5.74, 6) is 1.05. The maximum atomic E-state index is 9.27. The molecule has 0 fully saturated rings. The van der Waals surface area contributed by atoms with Crippen molar-refractivity contribution in [1.29, 1.82) is 0 Å². The van der Waals surface area contributed by atoms with Crippen LogP contribution in [0.2, 0.25) is 0 Å². The topological polar surface area (TPSA) is 50.1 Å². The van der Waals surface area contributed by atoms with Gasteiger partial charge in [0.05, 0.1) is 17.6 Å². The number of aliphatic hydroxyl groups is 1. The molecule has 0 bridgehead atoms. The van der Waals surface area contributed by atoms with E-state index in [0.717, 1.165) is 36.2 Å². The molecule has 1 heterocycles. The first-order valence-electron chi connectivity index (χ1n) is 7.48. The van der Waals surface area contributed by atoms with Gasteiger partial charge in [-0.2, -0.15) is 0 Å². The van der Waals surface area contributed by atoms with Crippen molar-refractivity contribution < 1.29 is 5.11 Å². The van der Waals surface area contributed by atoms with Crippen molar-refractivity contribution in [2.45, 2.75) is 46.2 Å². The van der Waals surface area contributed by atoms with Crippen LogP contribution in [-0.4, -0.2) is 33.9 Å². The Morgan fingerprint density at radius 3 is 2.80 bits per heavy atom. The van der Waals surface area contributed by atoms with Gasteiger partial charge in [-0.1, -0.05) is 26.8 Å². The van der Waals surface area contributed by atoms with Gasteiger partial charge in [-0.15, -0.1) is 0 Å². The monoisotopic (exact) mass is 275 g/mol. The lowest BCUT2D eigenvalue weighted by Gasteiger charge is -2.10. The first kappa shape index (κ1) is 15.0. The van der Waals surface area contributed by atoms with E-state index >= 15 is 0 Å². The highest BCUT2D eigenvalue weighted by molar-refractivity contribution is 5.77. The Balaban J connectivity index is 2.29. The van der Waals surface area contributed by atoms with Crippen molar-refractivity contribution in [2.75, 3.05) is 13.2 Å². The third kappa shape index (κ3) is 3.38. The highest BCUT2D eigenvalue weighted by Crippen LogP contribution is 2.18. The molecule has 0 atom stereocenters. The minimum Gasteiger partial charge on any atom is -0.395 e. The summed E-state index contributed by atoms with van der Waals surface area (Å²) in [5, 5.41) is 12.7. The van der Waals surface area contributed by atoms with Gasteiger partial charge in [-0.3, -0.25) is 0 Å². The Bertz CT molecular complexity index is 560. The normalized spacial score (nSPS) is 11.7. The second-order valence-corrected chi connectivity index (χ2v) is 5.44. The molecule has 2 rings (SSSR count). The molecule has 0 aliphatic heterocycles. The van der Waals surface area contributed by atoms with E-state index in [4.69, 9.17) is 4.98 Å². The van der Waals surface area contributed by atoms with E-state index in [2.05, 4.69) is 48.9 Å². The van der Waals surface area contributed by atoms with E-state index in [1.807, 2.05) is 0 Å². The Hall–Kier alpha value is -1.39. The number of hydrogen-bond donors (Lipinski definition) is 2. The van der Waals surface area contributed by atoms with E-state index < -0.39 is 0 Å². The van der Waals surface area contributed by atoms with Crippen LogP contribution >= 0.6 is 0 Å². The molecule has 110 valence electrons. The molecule has 0 saturated carbocycles. The van der Waals surface area contributed by atoms with Gasteiger partial charge in [-0.05, 0) is 24.1 Å². The Morgan fingerprint density at radius 1 is 1.35 bits per heavy atom. The molecule has 0 aliphatic carbocycles. The number of aliphatic hydroxyl groups excluding tert-OH is 1. The summed E-state index contributed by atoms with van der Waals surface area (Å²) < 4.78 is 2.14. The molecule has 20 heavy (non-hydrogen) atoms. The van der Waals surface area contributed by atoms with E-state index in [-0.39, 0.29) is 6.61 Å². The average molecular weight is 275 g/mol. The van der Waals surface area contributed by atoms with Gasteiger partial charge in [0.2, 0.25) is 0 Å². The molecule has 0 unspecified atom stereocenters. The van der Waals surface area contributed by atoms with Crippen molar-refractivity contribution in [3.8, 4) is 0 Å². The fourth-order valence-electron chi connectivity index (χ4n) is 2.46. The molecule has 0 saturated heterocycles. The summed E-state index contributed by atoms with van der Waals surface area (Å²) in [7, 11) is 0. The van der Waals surface area contributed by atoms with Crippen LogP contribution in [0.4, 0.5) is 0 Å². The van der Waals surface area contributed by atoms with Crippen molar-refractivity contribution in [2.24, 2.45) is 0 Å². The lowest BCUT2D eigenvalue weighted by Crippen LogP contribution is -2.26. The Kier molecular flexibility index (Phi) is 5.15. The third-order valence-electron chi connectivity index (χ3n) is 3.52. The summed E-state index contributed by atoms with van der Waals surface area (Å²) in [4.78, 5) is 4.75. The van der Waals surface area contributed by atoms with Gasteiger partial charge >= 0.3 is 0 Å². The molecule has 0 spiro atoms. The molecule has 0 aliphatic rings. The number of hydrogen-bond acceptors (Lipinski definition) is 3. The smallest absolute Gasteiger partial charge is 0.111 e. The number of imidazole rings is 1. The lowest BCUT2D eigenvalue weighted by molar-refractivity contribution is 0.276. The standard InChI is InChI=1S/C16H25N3O/c1-4-13-5-6-15-14(11-13)18-16(19(15)9-10-20)7-8-17-12(2)3/h5-6,11-12,17,20H,4,7-10H2,1-3H3. The first-order chi connectivity index (χ1) is 9.65. The highest BCUT2D eigenvalue weighted by Gasteiger charge is 2.10. The lowest BCUT2D eigenvalue weighted by atomic mass is 10.1. The van der Waals surface area contributed by atoms with Crippen molar-refractivity contribution >= 4 is 11.0 Å². The van der Waals surface area contributed by atoms with Gasteiger partial charge in [0.25, 0.3) is 0 Å². The molecule has 1 aromatic carbocycles. The van der Waals surface area contributed by atoms with E-state index in [1.54, 1.807) is 0 Å². The number of nitrogens with one attached hydrogen (secondary N) is 1. The molecule has 2 N–H and O–H groups in total. The van der Waals surface area contributed by atoms with Crippen molar-refractivity contribution in [1.82, 2.24) is 14.9 Å². The number of aryl methyl sites for hydroxylation is 1. The van der Waals surface area contributed by atoms with Crippen LogP contribution in [-0.2, 0) is 19.4 Å². The molecule has 0 amide bonds. The molecule has 0 radical (unpaired) electrons. The first-order valence-corrected chi connectivity index (χ1v) is 7.48. The largest absolute Gasteiger partial charge is 0.395 e. The summed E-state index contributed by atoms with van der Waals surface area (Å²) in [6.45, 7) is 8.10. The molecule has 4 heteroatoms. The SMILES string of the molecule is CCc1ccc2c(c1)nc(CCNC(C)C)n2CCO. The second kappa shape index (κ2) is 6.86. The zero-order valence-electron chi connectivity index (χ0n) is 12.7. The van der Waals surface area contributed by atoms with E-state index in [1.165, 1.54) is 5.56 Å². The summed E-state index contributed by atoms with van der Waals surface area (Å²) in [5.41, 5.74) is 3.46. The molecular formula is C16H25N3O. The fraction of sp³-hybridized carbons (Fsp3) is 0.562. The van der Waals surface area contributed by atoms with Gasteiger partial charge in [0, 0.05) is 25.6 Å². The quantitative estimate of drug-likeness (QED) is 0.814. The third-order valence-corrected chi connectivity index (χ3v) is 3.52. The van der Waals surface area contributed by atoms with Crippen LogP contribution < -0.4 is 5.32 Å². The summed E-state index contributed by atoms with van der Waals surface area (Å²) >= 11 is 0. The van der Waals surface area contributed by atoms with Crippen LogP contribution in [0.1, 0.15) is 32.2 Å². The highest BCUT2D eigenvalue weighted by atomic mass is 16.3. The fourth-order valence-corrected chi connectivity index (χ4v) is 2.46. The Labute approximate surface area is 120 Å². The predicted octanol–water partition coefficient (Wildman–Crippen LogP) is 2.13. The molecule has 2 aromatic rings. The average Bonchev–Trinajstić information content (AvgIpc) is 2.76. The second-order valence-electron chi connectivity index (χ2n) is 5.44. The van der Waals surface area contributed by atoms with Gasteiger partial charge < -0.3 is 15.0 Å². The minimum absolute atomic E-state index is 0.144. The maximum Gasteiger partial charge on any atom is 0.111 e. The number of nitrogens with zero attached hydrogens (tertiary/aromatic N) is 2. The zero-order chi connectivity index (χ0) is 14.5. The van der Waals surface area contributed by atoms with Gasteiger partial charge in [0.15, 0.2) is 0 Å².